The molecule has 0 bridgehead atoms. The molecule has 1 unspecified atom stereocenters. The molecule has 3 N–H and O–H groups in total. The monoisotopic (exact) mass is 531 g/mol. The largest absolute Gasteiger partial charge is 0.457 e. The van der Waals surface area contributed by atoms with Gasteiger partial charge in [0, 0.05) is 25.0 Å². The first-order valence-corrected chi connectivity index (χ1v) is 13.3. The predicted octanol–water partition coefficient (Wildman–Crippen LogP) is 3.96. The van der Waals surface area contributed by atoms with Crippen molar-refractivity contribution in [3.63, 3.8) is 0 Å². The topological polar surface area (TPSA) is 106 Å². The van der Waals surface area contributed by atoms with E-state index in [0.29, 0.717) is 11.4 Å². The van der Waals surface area contributed by atoms with Crippen LogP contribution in [0.1, 0.15) is 36.8 Å². The van der Waals surface area contributed by atoms with Gasteiger partial charge in [0.1, 0.15) is 29.2 Å². The van der Waals surface area contributed by atoms with Crippen molar-refractivity contribution in [3.05, 3.63) is 66.4 Å². The molecule has 2 fully saturated rings. The van der Waals surface area contributed by atoms with Crippen LogP contribution in [-0.2, 0) is 11.8 Å². The van der Waals surface area contributed by atoms with Crippen LogP contribution in [0.5, 0.6) is 11.5 Å². The number of amides is 1. The zero-order chi connectivity index (χ0) is 27.5. The SMILES string of the molecule is Cc1cc(Nc2ncncc2C#CC2(NC(=O)C#CC3CCCN3)CC2)ccc1Oc1ccc2c(c1)ncn2C. The Labute approximate surface area is 232 Å². The van der Waals surface area contributed by atoms with E-state index in [0.717, 1.165) is 66.0 Å². The van der Waals surface area contributed by atoms with E-state index in [1.54, 1.807) is 12.5 Å². The normalized spacial score (nSPS) is 16.8. The summed E-state index contributed by atoms with van der Waals surface area (Å²) in [6, 6.07) is 11.8. The van der Waals surface area contributed by atoms with E-state index in [9.17, 15) is 4.79 Å². The number of hydrogen-bond acceptors (Lipinski definition) is 7. The van der Waals surface area contributed by atoms with Crippen LogP contribution in [-0.4, -0.2) is 43.6 Å². The third-order valence-electron chi connectivity index (χ3n) is 7.03. The van der Waals surface area contributed by atoms with Crippen molar-refractivity contribution in [2.75, 3.05) is 11.9 Å². The number of nitrogens with one attached hydrogen (secondary N) is 3. The van der Waals surface area contributed by atoms with Crippen LogP contribution >= 0.6 is 0 Å². The molecule has 0 radical (unpaired) electrons. The molecular formula is C31H29N7O2. The maximum Gasteiger partial charge on any atom is 0.297 e. The molecule has 9 nitrogen and oxygen atoms in total. The minimum Gasteiger partial charge on any atom is -0.457 e. The van der Waals surface area contributed by atoms with Gasteiger partial charge >= 0.3 is 0 Å². The Balaban J connectivity index is 1.13. The fraction of sp³-hybridized carbons (Fsp3) is 0.290. The molecule has 4 aromatic rings. The van der Waals surface area contributed by atoms with Gasteiger partial charge in [-0.3, -0.25) is 4.79 Å². The molecule has 40 heavy (non-hydrogen) atoms. The molecule has 1 aliphatic heterocycles. The van der Waals surface area contributed by atoms with Crippen LogP contribution in [0, 0.1) is 30.6 Å². The third-order valence-corrected chi connectivity index (χ3v) is 7.03. The summed E-state index contributed by atoms with van der Waals surface area (Å²) >= 11 is 0. The highest BCUT2D eigenvalue weighted by Crippen LogP contribution is 2.35. The molecule has 1 saturated heterocycles. The van der Waals surface area contributed by atoms with Gasteiger partial charge in [-0.1, -0.05) is 17.8 Å². The van der Waals surface area contributed by atoms with Gasteiger partial charge in [0.05, 0.1) is 29.0 Å². The van der Waals surface area contributed by atoms with E-state index in [-0.39, 0.29) is 11.9 Å². The van der Waals surface area contributed by atoms with Gasteiger partial charge in [-0.15, -0.1) is 0 Å². The number of rotatable bonds is 5. The zero-order valence-electron chi connectivity index (χ0n) is 22.4. The highest BCUT2D eigenvalue weighted by atomic mass is 16.5. The summed E-state index contributed by atoms with van der Waals surface area (Å²) in [7, 11) is 1.97. The van der Waals surface area contributed by atoms with Gasteiger partial charge in [0.25, 0.3) is 5.91 Å². The van der Waals surface area contributed by atoms with Gasteiger partial charge in [-0.2, -0.15) is 0 Å². The number of ether oxygens (including phenoxy) is 1. The van der Waals surface area contributed by atoms with Gasteiger partial charge < -0.3 is 25.3 Å². The molecule has 0 spiro atoms. The van der Waals surface area contributed by atoms with Crippen molar-refractivity contribution >= 4 is 28.4 Å². The highest BCUT2D eigenvalue weighted by Gasteiger charge is 2.42. The summed E-state index contributed by atoms with van der Waals surface area (Å²) in [5, 5.41) is 9.60. The van der Waals surface area contributed by atoms with Crippen LogP contribution in [0.2, 0.25) is 0 Å². The lowest BCUT2D eigenvalue weighted by molar-refractivity contribution is -0.116. The van der Waals surface area contributed by atoms with Crippen molar-refractivity contribution in [3.8, 4) is 35.2 Å². The maximum absolute atomic E-state index is 12.4. The molecule has 1 amide bonds. The number of imidazole rings is 1. The second-order valence-corrected chi connectivity index (χ2v) is 10.2. The van der Waals surface area contributed by atoms with Crippen molar-refractivity contribution < 1.29 is 9.53 Å². The maximum atomic E-state index is 12.4. The Bertz CT molecular complexity index is 1710. The molecule has 2 aromatic carbocycles. The molecule has 1 atom stereocenters. The minimum absolute atomic E-state index is 0.0994. The molecule has 2 aliphatic rings. The first kappa shape index (κ1) is 25.4. The van der Waals surface area contributed by atoms with Gasteiger partial charge in [-0.05, 0) is 81.0 Å². The van der Waals surface area contributed by atoms with Crippen LogP contribution in [0.4, 0.5) is 11.5 Å². The number of hydrogen-bond donors (Lipinski definition) is 3. The predicted molar refractivity (Wildman–Crippen MR) is 153 cm³/mol. The fourth-order valence-corrected chi connectivity index (χ4v) is 4.61. The third kappa shape index (κ3) is 5.75. The average Bonchev–Trinajstić information content (AvgIpc) is 3.32. The standard InChI is InChI=1S/C31H29N7O2/c1-21-16-24(5-9-28(21)40-25-7-8-27-26(17-25)35-20-38(27)2)36-30-22(18-32-19-34-30)11-12-31(13-14-31)37-29(39)10-6-23-4-3-15-33-23/h5,7-9,16-20,23,33H,3-4,13-15H2,1-2H3,(H,37,39)(H,32,34,36). The quantitative estimate of drug-likeness (QED) is 0.335. The molecule has 9 heteroatoms. The number of carbonyl (C=O) groups excluding carboxylic acids is 1. The summed E-state index contributed by atoms with van der Waals surface area (Å²) in [6.07, 6.45) is 8.59. The van der Waals surface area contributed by atoms with E-state index in [1.165, 1.54) is 6.33 Å². The summed E-state index contributed by atoms with van der Waals surface area (Å²) in [5.41, 5.74) is 3.84. The number of benzene rings is 2. The van der Waals surface area contributed by atoms with Gasteiger partial charge in [0.15, 0.2) is 0 Å². The van der Waals surface area contributed by atoms with Gasteiger partial charge in [0.2, 0.25) is 0 Å². The van der Waals surface area contributed by atoms with Crippen molar-refractivity contribution in [2.45, 2.75) is 44.2 Å². The van der Waals surface area contributed by atoms with Crippen molar-refractivity contribution in [1.29, 1.82) is 0 Å². The van der Waals surface area contributed by atoms with E-state index < -0.39 is 5.54 Å². The van der Waals surface area contributed by atoms with Crippen LogP contribution in [0.3, 0.4) is 0 Å². The van der Waals surface area contributed by atoms with Crippen molar-refractivity contribution in [2.24, 2.45) is 7.05 Å². The van der Waals surface area contributed by atoms with Crippen LogP contribution < -0.4 is 20.7 Å². The van der Waals surface area contributed by atoms with Crippen LogP contribution in [0.25, 0.3) is 11.0 Å². The Morgan fingerprint density at radius 2 is 2.10 bits per heavy atom. The Hall–Kier alpha value is -4.86. The molecule has 1 saturated carbocycles. The van der Waals surface area contributed by atoms with Crippen molar-refractivity contribution in [1.82, 2.24) is 30.2 Å². The highest BCUT2D eigenvalue weighted by molar-refractivity contribution is 5.94. The first-order chi connectivity index (χ1) is 19.5. The number of anilines is 2. The summed E-state index contributed by atoms with van der Waals surface area (Å²) in [6.45, 7) is 2.94. The molecular weight excluding hydrogens is 502 g/mol. The minimum atomic E-state index is -0.546. The lowest BCUT2D eigenvalue weighted by Gasteiger charge is -2.12. The van der Waals surface area contributed by atoms with E-state index in [4.69, 9.17) is 4.74 Å². The lowest BCUT2D eigenvalue weighted by Crippen LogP contribution is -2.35. The fourth-order valence-electron chi connectivity index (χ4n) is 4.61. The first-order valence-electron chi connectivity index (χ1n) is 13.3. The summed E-state index contributed by atoms with van der Waals surface area (Å²) in [5.74, 6) is 13.9. The number of aryl methyl sites for hydroxylation is 2. The second-order valence-electron chi connectivity index (χ2n) is 10.2. The smallest absolute Gasteiger partial charge is 0.297 e. The molecule has 2 aromatic heterocycles. The Kier molecular flexibility index (Phi) is 6.81. The zero-order valence-corrected chi connectivity index (χ0v) is 22.4. The number of fused-ring (bicyclic) bond motifs is 1. The molecule has 200 valence electrons. The summed E-state index contributed by atoms with van der Waals surface area (Å²) in [4.78, 5) is 25.3. The van der Waals surface area contributed by atoms with E-state index in [2.05, 4.69) is 54.6 Å². The van der Waals surface area contributed by atoms with Crippen LogP contribution in [0.15, 0.2) is 55.2 Å². The lowest BCUT2D eigenvalue weighted by atomic mass is 10.2. The second kappa shape index (κ2) is 10.7. The van der Waals surface area contributed by atoms with E-state index in [1.807, 2.05) is 54.9 Å². The average molecular weight is 532 g/mol. The number of aromatic nitrogens is 4. The van der Waals surface area contributed by atoms with Gasteiger partial charge in [-0.25, -0.2) is 15.0 Å². The molecule has 3 heterocycles. The Morgan fingerprint density at radius 3 is 2.90 bits per heavy atom. The van der Waals surface area contributed by atoms with E-state index >= 15 is 0 Å². The molecule has 1 aliphatic carbocycles. The Morgan fingerprint density at radius 1 is 1.20 bits per heavy atom. The summed E-state index contributed by atoms with van der Waals surface area (Å²) < 4.78 is 8.12. The number of nitrogens with zero attached hydrogens (tertiary/aromatic N) is 4. The number of carbonyl (C=O) groups is 1. The molecule has 6 rings (SSSR count).